The molecule has 0 N–H and O–H groups in total. The van der Waals surface area contributed by atoms with Gasteiger partial charge in [0.2, 0.25) is 0 Å². The van der Waals surface area contributed by atoms with Gasteiger partial charge in [0, 0.05) is 18.7 Å². The number of amides is 1. The van der Waals surface area contributed by atoms with E-state index in [0.29, 0.717) is 24.5 Å². The summed E-state index contributed by atoms with van der Waals surface area (Å²) in [7, 11) is 0. The molecule has 0 radical (unpaired) electrons. The average molecular weight is 393 g/mol. The van der Waals surface area contributed by atoms with Crippen LogP contribution in [0.4, 0.5) is 4.39 Å². The first-order chi connectivity index (χ1) is 13.9. The van der Waals surface area contributed by atoms with E-state index in [1.807, 2.05) is 49.9 Å². The van der Waals surface area contributed by atoms with Crippen LogP contribution in [0.3, 0.4) is 0 Å². The van der Waals surface area contributed by atoms with E-state index < -0.39 is 0 Å². The molecule has 0 bridgehead atoms. The average Bonchev–Trinajstić information content (AvgIpc) is 3.13. The van der Waals surface area contributed by atoms with Crippen molar-refractivity contribution < 1.29 is 13.9 Å². The number of halogens is 1. The maximum absolute atomic E-state index is 13.4. The minimum Gasteiger partial charge on any atom is -0.372 e. The molecule has 1 saturated heterocycles. The molecule has 1 amide bonds. The van der Waals surface area contributed by atoms with Crippen LogP contribution in [-0.2, 0) is 4.74 Å². The minimum atomic E-state index is -0.306. The van der Waals surface area contributed by atoms with Crippen LogP contribution in [0.25, 0.3) is 16.9 Å². The molecule has 3 aromatic rings. The zero-order valence-electron chi connectivity index (χ0n) is 16.8. The Morgan fingerprint density at radius 1 is 1.03 bits per heavy atom. The Morgan fingerprint density at radius 3 is 2.28 bits per heavy atom. The summed E-state index contributed by atoms with van der Waals surface area (Å²) in [4.78, 5) is 15.2. The Balaban J connectivity index is 1.77. The number of carbonyl (C=O) groups is 1. The van der Waals surface area contributed by atoms with Gasteiger partial charge in [-0.1, -0.05) is 17.7 Å². The van der Waals surface area contributed by atoms with Gasteiger partial charge in [0.1, 0.15) is 11.5 Å². The summed E-state index contributed by atoms with van der Waals surface area (Å²) >= 11 is 0. The number of hydrogen-bond donors (Lipinski definition) is 0. The highest BCUT2D eigenvalue weighted by Crippen LogP contribution is 2.24. The largest absolute Gasteiger partial charge is 0.372 e. The molecule has 0 spiro atoms. The fraction of sp³-hybridized carbons (Fsp3) is 0.304. The van der Waals surface area contributed by atoms with Gasteiger partial charge in [-0.05, 0) is 63.2 Å². The SMILES string of the molecule is Cc1ccc(-n2nc(-c3ccc(F)cc3)cc2C(=O)N2C[C@@H](C)O[C@H](C)C2)cc1. The van der Waals surface area contributed by atoms with Crippen molar-refractivity contribution in [2.24, 2.45) is 0 Å². The summed E-state index contributed by atoms with van der Waals surface area (Å²) in [6.45, 7) is 7.02. The summed E-state index contributed by atoms with van der Waals surface area (Å²) in [6.07, 6.45) is -0.0370. The van der Waals surface area contributed by atoms with Crippen LogP contribution in [-0.4, -0.2) is 45.9 Å². The molecule has 150 valence electrons. The molecule has 0 unspecified atom stereocenters. The third-order valence-corrected chi connectivity index (χ3v) is 5.05. The summed E-state index contributed by atoms with van der Waals surface area (Å²) in [5.74, 6) is -0.396. The smallest absolute Gasteiger partial charge is 0.272 e. The fourth-order valence-electron chi connectivity index (χ4n) is 3.68. The van der Waals surface area contributed by atoms with Crippen LogP contribution in [0.15, 0.2) is 54.6 Å². The number of carbonyl (C=O) groups excluding carboxylic acids is 1. The van der Waals surface area contributed by atoms with E-state index in [9.17, 15) is 9.18 Å². The standard InChI is InChI=1S/C23H24FN3O2/c1-15-4-10-20(11-5-15)27-22(23(28)26-13-16(2)29-17(3)14-26)12-21(25-27)18-6-8-19(24)9-7-18/h4-12,16-17H,13-14H2,1-3H3/t16-,17-/m1/s1. The van der Waals surface area contributed by atoms with Crippen molar-refractivity contribution in [3.8, 4) is 16.9 Å². The highest BCUT2D eigenvalue weighted by molar-refractivity contribution is 5.94. The van der Waals surface area contributed by atoms with Crippen molar-refractivity contribution in [2.45, 2.75) is 33.0 Å². The van der Waals surface area contributed by atoms with Gasteiger partial charge in [-0.2, -0.15) is 5.10 Å². The lowest BCUT2D eigenvalue weighted by Gasteiger charge is -2.35. The first kappa shape index (κ1) is 19.3. The lowest BCUT2D eigenvalue weighted by atomic mass is 10.1. The maximum Gasteiger partial charge on any atom is 0.272 e. The van der Waals surface area contributed by atoms with Gasteiger partial charge in [-0.3, -0.25) is 4.79 Å². The van der Waals surface area contributed by atoms with Crippen molar-refractivity contribution in [3.63, 3.8) is 0 Å². The van der Waals surface area contributed by atoms with E-state index in [1.54, 1.807) is 22.9 Å². The number of aromatic nitrogens is 2. The molecule has 0 aliphatic carbocycles. The van der Waals surface area contributed by atoms with Gasteiger partial charge in [0.05, 0.1) is 23.6 Å². The number of benzene rings is 2. The topological polar surface area (TPSA) is 47.4 Å². The summed E-state index contributed by atoms with van der Waals surface area (Å²) in [5.41, 5.74) is 3.80. The highest BCUT2D eigenvalue weighted by Gasteiger charge is 2.29. The second-order valence-corrected chi connectivity index (χ2v) is 7.64. The van der Waals surface area contributed by atoms with E-state index in [-0.39, 0.29) is 23.9 Å². The third-order valence-electron chi connectivity index (χ3n) is 5.05. The Kier molecular flexibility index (Phi) is 5.20. The molecule has 0 saturated carbocycles. The number of ether oxygens (including phenoxy) is 1. The Labute approximate surface area is 169 Å². The highest BCUT2D eigenvalue weighted by atomic mass is 19.1. The second-order valence-electron chi connectivity index (χ2n) is 7.64. The van der Waals surface area contributed by atoms with Crippen LogP contribution < -0.4 is 0 Å². The van der Waals surface area contributed by atoms with Crippen molar-refractivity contribution in [2.75, 3.05) is 13.1 Å². The van der Waals surface area contributed by atoms with Crippen LogP contribution in [0.2, 0.25) is 0 Å². The normalized spacial score (nSPS) is 19.4. The second kappa shape index (κ2) is 7.79. The van der Waals surface area contributed by atoms with Gasteiger partial charge in [0.15, 0.2) is 0 Å². The van der Waals surface area contributed by atoms with Gasteiger partial charge in [-0.25, -0.2) is 9.07 Å². The van der Waals surface area contributed by atoms with Crippen molar-refractivity contribution in [3.05, 3.63) is 71.7 Å². The molecule has 1 fully saturated rings. The summed E-state index contributed by atoms with van der Waals surface area (Å²) in [5, 5.41) is 4.68. The monoisotopic (exact) mass is 393 g/mol. The molecule has 1 aliphatic rings. The van der Waals surface area contributed by atoms with Gasteiger partial charge >= 0.3 is 0 Å². The first-order valence-corrected chi connectivity index (χ1v) is 9.78. The predicted octanol–water partition coefficient (Wildman–Crippen LogP) is 4.24. The van der Waals surface area contributed by atoms with E-state index in [2.05, 4.69) is 5.10 Å². The fourth-order valence-corrected chi connectivity index (χ4v) is 3.68. The molecule has 1 aliphatic heterocycles. The number of hydrogen-bond acceptors (Lipinski definition) is 3. The van der Waals surface area contributed by atoms with Crippen LogP contribution >= 0.6 is 0 Å². The van der Waals surface area contributed by atoms with Gasteiger partial charge in [0.25, 0.3) is 5.91 Å². The number of nitrogens with zero attached hydrogens (tertiary/aromatic N) is 3. The molecule has 2 atom stereocenters. The van der Waals surface area contributed by atoms with E-state index in [0.717, 1.165) is 16.8 Å². The zero-order valence-corrected chi connectivity index (χ0v) is 16.8. The zero-order chi connectivity index (χ0) is 20.5. The van der Waals surface area contributed by atoms with E-state index in [4.69, 9.17) is 4.74 Å². The van der Waals surface area contributed by atoms with Crippen LogP contribution in [0, 0.1) is 12.7 Å². The summed E-state index contributed by atoms with van der Waals surface area (Å²) < 4.78 is 20.8. The minimum absolute atomic E-state index is 0.0185. The first-order valence-electron chi connectivity index (χ1n) is 9.78. The van der Waals surface area contributed by atoms with Crippen molar-refractivity contribution >= 4 is 5.91 Å². The maximum atomic E-state index is 13.4. The number of aryl methyl sites for hydroxylation is 1. The molecule has 5 nitrogen and oxygen atoms in total. The van der Waals surface area contributed by atoms with Crippen molar-refractivity contribution in [1.29, 1.82) is 0 Å². The molecular weight excluding hydrogens is 369 g/mol. The predicted molar refractivity (Wildman–Crippen MR) is 110 cm³/mol. The van der Waals surface area contributed by atoms with Gasteiger partial charge < -0.3 is 9.64 Å². The Bertz CT molecular complexity index is 1000. The third kappa shape index (κ3) is 4.07. The van der Waals surface area contributed by atoms with Crippen molar-refractivity contribution in [1.82, 2.24) is 14.7 Å². The number of rotatable bonds is 3. The van der Waals surface area contributed by atoms with E-state index in [1.165, 1.54) is 12.1 Å². The van der Waals surface area contributed by atoms with Crippen LogP contribution in [0.1, 0.15) is 29.9 Å². The molecule has 2 heterocycles. The lowest BCUT2D eigenvalue weighted by Crippen LogP contribution is -2.48. The van der Waals surface area contributed by atoms with E-state index >= 15 is 0 Å². The van der Waals surface area contributed by atoms with Gasteiger partial charge in [-0.15, -0.1) is 0 Å². The summed E-state index contributed by atoms with van der Waals surface area (Å²) in [6, 6.07) is 15.8. The molecule has 29 heavy (non-hydrogen) atoms. The molecular formula is C23H24FN3O2. The molecule has 4 rings (SSSR count). The molecule has 1 aromatic heterocycles. The van der Waals surface area contributed by atoms with Crippen LogP contribution in [0.5, 0.6) is 0 Å². The lowest BCUT2D eigenvalue weighted by molar-refractivity contribution is -0.0588. The Morgan fingerprint density at radius 2 is 1.66 bits per heavy atom. The number of morpholine rings is 1. The Hall–Kier alpha value is -2.99. The quantitative estimate of drug-likeness (QED) is 0.669. The molecule has 2 aromatic carbocycles. The molecule has 6 heteroatoms.